The number of hydrogen-bond donors (Lipinski definition) is 3. The molecule has 42 heavy (non-hydrogen) atoms. The van der Waals surface area contributed by atoms with Gasteiger partial charge in [0.05, 0.1) is 17.9 Å². The van der Waals surface area contributed by atoms with Gasteiger partial charge < -0.3 is 25.2 Å². The Morgan fingerprint density at radius 3 is 2.33 bits per heavy atom. The van der Waals surface area contributed by atoms with Gasteiger partial charge in [0.2, 0.25) is 0 Å². The number of amides is 2. The minimum atomic E-state index is -0.324. The van der Waals surface area contributed by atoms with Crippen molar-refractivity contribution < 1.29 is 14.7 Å². The quantitative estimate of drug-likeness (QED) is 0.285. The van der Waals surface area contributed by atoms with Gasteiger partial charge in [-0.1, -0.05) is 32.9 Å². The molecule has 0 radical (unpaired) electrons. The predicted octanol–water partition coefficient (Wildman–Crippen LogP) is 4.51. The zero-order valence-corrected chi connectivity index (χ0v) is 24.7. The van der Waals surface area contributed by atoms with E-state index in [-0.39, 0.29) is 41.8 Å². The summed E-state index contributed by atoms with van der Waals surface area (Å²) in [6.45, 7) is 8.20. The van der Waals surface area contributed by atoms with Crippen LogP contribution >= 0.6 is 0 Å². The Bertz CT molecular complexity index is 1650. The lowest BCUT2D eigenvalue weighted by molar-refractivity contribution is 0.0767. The summed E-state index contributed by atoms with van der Waals surface area (Å²) in [6.07, 6.45) is 3.23. The molecular formula is C32H36N6O4. The minimum absolute atomic E-state index is 0.115. The molecule has 0 unspecified atom stereocenters. The molecule has 0 aliphatic carbocycles. The number of aryl methyl sites for hydroxylation is 1. The first kappa shape index (κ1) is 30.1. The maximum absolute atomic E-state index is 13.0. The average molecular weight is 569 g/mol. The number of benzene rings is 2. The first-order valence-corrected chi connectivity index (χ1v) is 13.6. The number of nitrogens with one attached hydrogen (secondary N) is 2. The van der Waals surface area contributed by atoms with Crippen LogP contribution in [-0.4, -0.2) is 56.6 Å². The molecule has 10 nitrogen and oxygen atoms in total. The number of likely N-dealkylation sites (N-methyl/N-ethyl adjacent to an activating group) is 1. The van der Waals surface area contributed by atoms with Crippen LogP contribution in [0, 0.1) is 6.92 Å². The first-order valence-electron chi connectivity index (χ1n) is 13.6. The zero-order valence-electron chi connectivity index (χ0n) is 24.7. The summed E-state index contributed by atoms with van der Waals surface area (Å²) < 4.78 is 1.44. The Balaban J connectivity index is 1.57. The molecule has 3 N–H and O–H groups in total. The maximum atomic E-state index is 13.0. The highest BCUT2D eigenvalue weighted by Crippen LogP contribution is 2.28. The topological polar surface area (TPSA) is 129 Å². The minimum Gasteiger partial charge on any atom is -0.395 e. The van der Waals surface area contributed by atoms with Gasteiger partial charge >= 0.3 is 0 Å². The van der Waals surface area contributed by atoms with Crippen LogP contribution in [0.2, 0.25) is 0 Å². The molecule has 2 aromatic heterocycles. The van der Waals surface area contributed by atoms with Gasteiger partial charge in [-0.25, -0.2) is 4.98 Å². The summed E-state index contributed by atoms with van der Waals surface area (Å²) in [5.41, 5.74) is 4.66. The molecule has 0 aliphatic rings. The van der Waals surface area contributed by atoms with Crippen LogP contribution in [0.1, 0.15) is 52.7 Å². The zero-order chi connectivity index (χ0) is 30.6. The molecule has 0 bridgehead atoms. The van der Waals surface area contributed by atoms with E-state index in [0.717, 1.165) is 16.8 Å². The number of rotatable bonds is 8. The summed E-state index contributed by atoms with van der Waals surface area (Å²) >= 11 is 0. The predicted molar refractivity (Wildman–Crippen MR) is 164 cm³/mol. The fourth-order valence-electron chi connectivity index (χ4n) is 4.34. The second-order valence-corrected chi connectivity index (χ2v) is 11.2. The Morgan fingerprint density at radius 2 is 1.71 bits per heavy atom. The van der Waals surface area contributed by atoms with Gasteiger partial charge in [0.1, 0.15) is 0 Å². The highest BCUT2D eigenvalue weighted by Gasteiger charge is 2.18. The van der Waals surface area contributed by atoms with Gasteiger partial charge in [0.15, 0.2) is 5.82 Å². The van der Waals surface area contributed by atoms with Gasteiger partial charge in [0.25, 0.3) is 17.4 Å². The highest BCUT2D eigenvalue weighted by molar-refractivity contribution is 6.04. The van der Waals surface area contributed by atoms with Crippen molar-refractivity contribution >= 4 is 29.0 Å². The number of anilines is 3. The standard InChI is InChI=1S/C32H36N6O4/c1-20-24(8-7-9-25(20)36-29(40)22-12-15-27(33-18-22)32(2,3)4)26-19-38(6)31(42)28(35-26)34-23-13-10-21(11-14-23)30(41)37(5)16-17-39/h7-15,18-19,39H,16-17H2,1-6H3,(H,34,35)(H,36,40). The van der Waals surface area contributed by atoms with Crippen molar-refractivity contribution in [2.75, 3.05) is 30.8 Å². The summed E-state index contributed by atoms with van der Waals surface area (Å²) in [6, 6.07) is 15.8. The molecule has 2 heterocycles. The molecule has 4 rings (SSSR count). The van der Waals surface area contributed by atoms with E-state index in [0.29, 0.717) is 28.2 Å². The molecule has 0 spiro atoms. The van der Waals surface area contributed by atoms with Crippen molar-refractivity contribution in [1.82, 2.24) is 19.4 Å². The second kappa shape index (κ2) is 12.4. The van der Waals surface area contributed by atoms with Crippen molar-refractivity contribution in [3.63, 3.8) is 0 Å². The van der Waals surface area contributed by atoms with Gasteiger partial charge in [-0.15, -0.1) is 0 Å². The average Bonchev–Trinajstić information content (AvgIpc) is 2.96. The Kier molecular flexibility index (Phi) is 8.87. The fourth-order valence-corrected chi connectivity index (χ4v) is 4.34. The van der Waals surface area contributed by atoms with Crippen LogP contribution in [0.4, 0.5) is 17.2 Å². The summed E-state index contributed by atoms with van der Waals surface area (Å²) in [7, 11) is 3.26. The number of carbonyl (C=O) groups is 2. The SMILES string of the molecule is Cc1c(NC(=O)c2ccc(C(C)(C)C)nc2)cccc1-c1cn(C)c(=O)c(Nc2ccc(C(=O)N(C)CCO)cc2)n1. The van der Waals surface area contributed by atoms with Crippen LogP contribution in [0.3, 0.4) is 0 Å². The molecule has 0 fully saturated rings. The molecule has 218 valence electrons. The van der Waals surface area contributed by atoms with Crippen molar-refractivity contribution in [2.45, 2.75) is 33.1 Å². The Hall–Kier alpha value is -4.83. The Morgan fingerprint density at radius 1 is 1.02 bits per heavy atom. The summed E-state index contributed by atoms with van der Waals surface area (Å²) in [4.78, 5) is 48.9. The van der Waals surface area contributed by atoms with Crippen molar-refractivity contribution in [1.29, 1.82) is 0 Å². The molecule has 0 saturated carbocycles. The highest BCUT2D eigenvalue weighted by atomic mass is 16.3. The summed E-state index contributed by atoms with van der Waals surface area (Å²) in [5, 5.41) is 15.1. The van der Waals surface area contributed by atoms with Crippen LogP contribution in [0.15, 0.2) is 71.8 Å². The van der Waals surface area contributed by atoms with Crippen LogP contribution in [-0.2, 0) is 12.5 Å². The third kappa shape index (κ3) is 6.72. The monoisotopic (exact) mass is 568 g/mol. The van der Waals surface area contributed by atoms with E-state index in [1.165, 1.54) is 9.47 Å². The van der Waals surface area contributed by atoms with E-state index >= 15 is 0 Å². The van der Waals surface area contributed by atoms with E-state index in [2.05, 4.69) is 41.4 Å². The Labute approximate surface area is 245 Å². The number of hydrogen-bond acceptors (Lipinski definition) is 7. The van der Waals surface area contributed by atoms with E-state index in [4.69, 9.17) is 5.11 Å². The van der Waals surface area contributed by atoms with Gasteiger partial charge in [0, 0.05) is 66.6 Å². The second-order valence-electron chi connectivity index (χ2n) is 11.2. The number of aromatic nitrogens is 3. The van der Waals surface area contributed by atoms with Gasteiger partial charge in [-0.3, -0.25) is 19.4 Å². The molecule has 2 aromatic carbocycles. The fraction of sp³-hybridized carbons (Fsp3) is 0.281. The molecule has 0 saturated heterocycles. The smallest absolute Gasteiger partial charge is 0.293 e. The molecular weight excluding hydrogens is 532 g/mol. The molecule has 0 aliphatic heterocycles. The lowest BCUT2D eigenvalue weighted by Gasteiger charge is -2.18. The van der Waals surface area contributed by atoms with Crippen molar-refractivity contribution in [3.05, 3.63) is 99.7 Å². The van der Waals surface area contributed by atoms with Crippen LogP contribution in [0.25, 0.3) is 11.3 Å². The van der Waals surface area contributed by atoms with Crippen molar-refractivity contribution in [2.24, 2.45) is 7.05 Å². The van der Waals surface area contributed by atoms with Crippen LogP contribution in [0.5, 0.6) is 0 Å². The van der Waals surface area contributed by atoms with Crippen LogP contribution < -0.4 is 16.2 Å². The third-order valence-electron chi connectivity index (χ3n) is 6.90. The summed E-state index contributed by atoms with van der Waals surface area (Å²) in [5.74, 6) is -0.374. The van der Waals surface area contributed by atoms with E-state index in [1.807, 2.05) is 31.2 Å². The van der Waals surface area contributed by atoms with Gasteiger partial charge in [-0.2, -0.15) is 0 Å². The normalized spacial score (nSPS) is 11.2. The largest absolute Gasteiger partial charge is 0.395 e. The molecule has 4 aromatic rings. The molecule has 0 atom stereocenters. The number of pyridine rings is 1. The van der Waals surface area contributed by atoms with E-state index in [9.17, 15) is 14.4 Å². The number of nitrogens with zero attached hydrogens (tertiary/aromatic N) is 4. The third-order valence-corrected chi connectivity index (χ3v) is 6.90. The number of aliphatic hydroxyl groups excluding tert-OH is 1. The maximum Gasteiger partial charge on any atom is 0.293 e. The lowest BCUT2D eigenvalue weighted by atomic mass is 9.91. The van der Waals surface area contributed by atoms with Crippen molar-refractivity contribution in [3.8, 4) is 11.3 Å². The lowest BCUT2D eigenvalue weighted by Crippen LogP contribution is -2.29. The van der Waals surface area contributed by atoms with E-state index < -0.39 is 0 Å². The molecule has 2 amide bonds. The van der Waals surface area contributed by atoms with Gasteiger partial charge in [-0.05, 0) is 55.0 Å². The number of aliphatic hydroxyl groups is 1. The van der Waals surface area contributed by atoms with E-state index in [1.54, 1.807) is 56.8 Å². The first-order chi connectivity index (χ1) is 19.9. The number of carbonyl (C=O) groups excluding carboxylic acids is 2. The molecule has 10 heteroatoms.